The average Bonchev–Trinajstić information content (AvgIpc) is 3.36. The molecule has 1 aliphatic rings. The number of rotatable bonds is 5. The van der Waals surface area contributed by atoms with Crippen LogP contribution in [0.15, 0.2) is 35.0 Å². The molecule has 2 aromatic heterocycles. The number of aromatic amines is 1. The fourth-order valence-corrected chi connectivity index (χ4v) is 4.07. The third-order valence-corrected chi connectivity index (χ3v) is 5.43. The zero-order chi connectivity index (χ0) is 18.1. The number of nitrogens with one attached hydrogen (secondary N) is 1. The molecule has 1 N–H and O–H groups in total. The summed E-state index contributed by atoms with van der Waals surface area (Å²) in [6.07, 6.45) is 5.22. The molecular weight excluding hydrogens is 324 g/mol. The van der Waals surface area contributed by atoms with Crippen molar-refractivity contribution in [2.75, 3.05) is 6.54 Å². The van der Waals surface area contributed by atoms with Crippen LogP contribution in [0.4, 0.5) is 0 Å². The zero-order valence-corrected chi connectivity index (χ0v) is 15.7. The van der Waals surface area contributed by atoms with Crippen LogP contribution in [0.3, 0.4) is 0 Å². The molecule has 0 spiro atoms. The molecule has 1 saturated heterocycles. The molecule has 1 atom stereocenters. The summed E-state index contributed by atoms with van der Waals surface area (Å²) >= 11 is 0. The van der Waals surface area contributed by atoms with Crippen molar-refractivity contribution in [3.05, 3.63) is 58.6 Å². The predicted octanol–water partition coefficient (Wildman–Crippen LogP) is 4.58. The number of H-pyrrole nitrogens is 1. The minimum atomic E-state index is 0.386. The molecule has 1 aromatic carbocycles. The zero-order valence-electron chi connectivity index (χ0n) is 15.7. The van der Waals surface area contributed by atoms with E-state index in [0.29, 0.717) is 6.04 Å². The minimum absolute atomic E-state index is 0.386. The largest absolute Gasteiger partial charge is 0.361 e. The maximum Gasteiger partial charge on any atom is 0.141 e. The van der Waals surface area contributed by atoms with E-state index in [-0.39, 0.29) is 0 Å². The molecule has 1 unspecified atom stereocenters. The van der Waals surface area contributed by atoms with Gasteiger partial charge in [-0.05, 0) is 38.8 Å². The van der Waals surface area contributed by atoms with Gasteiger partial charge < -0.3 is 4.52 Å². The fourth-order valence-electron chi connectivity index (χ4n) is 4.07. The Hall–Kier alpha value is -2.40. The van der Waals surface area contributed by atoms with Gasteiger partial charge in [-0.25, -0.2) is 0 Å². The van der Waals surface area contributed by atoms with E-state index in [0.717, 1.165) is 43.1 Å². The lowest BCUT2D eigenvalue weighted by atomic mass is 10.0. The minimum Gasteiger partial charge on any atom is -0.361 e. The molecule has 4 rings (SSSR count). The summed E-state index contributed by atoms with van der Waals surface area (Å²) in [5.74, 6) is 1.03. The molecule has 26 heavy (non-hydrogen) atoms. The first-order chi connectivity index (χ1) is 12.7. The first-order valence-electron chi connectivity index (χ1n) is 9.45. The molecule has 5 heteroatoms. The van der Waals surface area contributed by atoms with Crippen LogP contribution in [0.1, 0.15) is 54.0 Å². The Morgan fingerprint density at radius 3 is 2.81 bits per heavy atom. The van der Waals surface area contributed by atoms with Crippen LogP contribution in [0, 0.1) is 13.8 Å². The second-order valence-corrected chi connectivity index (χ2v) is 7.22. The number of benzene rings is 1. The lowest BCUT2D eigenvalue weighted by Crippen LogP contribution is -2.23. The van der Waals surface area contributed by atoms with Gasteiger partial charge in [0.05, 0.1) is 17.6 Å². The van der Waals surface area contributed by atoms with Gasteiger partial charge in [-0.3, -0.25) is 10.00 Å². The van der Waals surface area contributed by atoms with Crippen LogP contribution in [-0.4, -0.2) is 26.8 Å². The predicted molar refractivity (Wildman–Crippen MR) is 102 cm³/mol. The van der Waals surface area contributed by atoms with Crippen molar-refractivity contribution >= 4 is 0 Å². The van der Waals surface area contributed by atoms with Crippen molar-refractivity contribution in [3.63, 3.8) is 0 Å². The number of aromatic nitrogens is 3. The summed E-state index contributed by atoms with van der Waals surface area (Å²) in [6.45, 7) is 8.28. The number of hydrogen-bond acceptors (Lipinski definition) is 4. The Bertz CT molecular complexity index is 878. The molecular formula is C21H26N4O. The van der Waals surface area contributed by atoms with Gasteiger partial charge in [0.1, 0.15) is 5.76 Å². The maximum atomic E-state index is 5.55. The Morgan fingerprint density at radius 2 is 2.04 bits per heavy atom. The third-order valence-electron chi connectivity index (χ3n) is 5.43. The van der Waals surface area contributed by atoms with E-state index >= 15 is 0 Å². The van der Waals surface area contributed by atoms with E-state index in [4.69, 9.17) is 4.52 Å². The van der Waals surface area contributed by atoms with Crippen LogP contribution in [0.25, 0.3) is 11.3 Å². The first-order valence-corrected chi connectivity index (χ1v) is 9.45. The third kappa shape index (κ3) is 3.07. The number of nitrogens with zero attached hydrogens (tertiary/aromatic N) is 3. The highest BCUT2D eigenvalue weighted by Crippen LogP contribution is 2.37. The van der Waals surface area contributed by atoms with Crippen LogP contribution in [0.2, 0.25) is 0 Å². The van der Waals surface area contributed by atoms with Gasteiger partial charge in [0, 0.05) is 30.1 Å². The standard InChI is InChI=1S/C21H26N4O/c1-4-19-20(15(3)24-26-19)18-6-5-11-25(18)13-17-12-22-23-21(17)16-9-7-14(2)8-10-16/h7-10,12,18H,4-6,11,13H2,1-3H3,(H,22,23). The van der Waals surface area contributed by atoms with Crippen LogP contribution < -0.4 is 0 Å². The highest BCUT2D eigenvalue weighted by Gasteiger charge is 2.31. The Balaban J connectivity index is 1.60. The lowest BCUT2D eigenvalue weighted by Gasteiger charge is -2.24. The molecule has 0 aliphatic carbocycles. The van der Waals surface area contributed by atoms with E-state index in [9.17, 15) is 0 Å². The van der Waals surface area contributed by atoms with Crippen LogP contribution in [-0.2, 0) is 13.0 Å². The van der Waals surface area contributed by atoms with Gasteiger partial charge in [-0.1, -0.05) is 41.9 Å². The lowest BCUT2D eigenvalue weighted by molar-refractivity contribution is 0.245. The van der Waals surface area contributed by atoms with Crippen molar-refractivity contribution in [3.8, 4) is 11.3 Å². The van der Waals surface area contributed by atoms with Crippen molar-refractivity contribution in [1.82, 2.24) is 20.3 Å². The van der Waals surface area contributed by atoms with E-state index in [1.807, 2.05) is 6.20 Å². The summed E-state index contributed by atoms with van der Waals surface area (Å²) < 4.78 is 5.55. The van der Waals surface area contributed by atoms with Crippen LogP contribution in [0.5, 0.6) is 0 Å². The smallest absolute Gasteiger partial charge is 0.141 e. The average molecular weight is 350 g/mol. The molecule has 0 saturated carbocycles. The molecule has 3 aromatic rings. The second kappa shape index (κ2) is 7.08. The SMILES string of the molecule is CCc1onc(C)c1C1CCCN1Cc1cn[nH]c1-c1ccc(C)cc1. The maximum absolute atomic E-state index is 5.55. The first kappa shape index (κ1) is 17.0. The second-order valence-electron chi connectivity index (χ2n) is 7.22. The molecule has 136 valence electrons. The van der Waals surface area contributed by atoms with Crippen LogP contribution >= 0.6 is 0 Å². The number of likely N-dealkylation sites (tertiary alicyclic amines) is 1. The molecule has 3 heterocycles. The van der Waals surface area contributed by atoms with Gasteiger partial charge in [-0.15, -0.1) is 0 Å². The van der Waals surface area contributed by atoms with Gasteiger partial charge >= 0.3 is 0 Å². The monoisotopic (exact) mass is 350 g/mol. The Labute approximate surface area is 154 Å². The molecule has 0 amide bonds. The van der Waals surface area contributed by atoms with E-state index in [1.165, 1.54) is 28.7 Å². The van der Waals surface area contributed by atoms with Crippen molar-refractivity contribution in [2.45, 2.75) is 52.6 Å². The summed E-state index contributed by atoms with van der Waals surface area (Å²) in [5.41, 5.74) is 7.15. The molecule has 1 aliphatic heterocycles. The number of hydrogen-bond donors (Lipinski definition) is 1. The molecule has 0 bridgehead atoms. The van der Waals surface area contributed by atoms with Crippen molar-refractivity contribution in [2.24, 2.45) is 0 Å². The highest BCUT2D eigenvalue weighted by molar-refractivity contribution is 5.62. The Morgan fingerprint density at radius 1 is 1.23 bits per heavy atom. The van der Waals surface area contributed by atoms with Crippen molar-refractivity contribution in [1.29, 1.82) is 0 Å². The van der Waals surface area contributed by atoms with E-state index in [1.54, 1.807) is 0 Å². The summed E-state index contributed by atoms with van der Waals surface area (Å²) in [5, 5.41) is 11.7. The topological polar surface area (TPSA) is 58.0 Å². The molecule has 5 nitrogen and oxygen atoms in total. The number of aryl methyl sites for hydroxylation is 3. The fraction of sp³-hybridized carbons (Fsp3) is 0.429. The summed E-state index contributed by atoms with van der Waals surface area (Å²) in [4.78, 5) is 2.54. The highest BCUT2D eigenvalue weighted by atomic mass is 16.5. The summed E-state index contributed by atoms with van der Waals surface area (Å²) in [6, 6.07) is 9.00. The van der Waals surface area contributed by atoms with Gasteiger partial charge in [-0.2, -0.15) is 5.10 Å². The summed E-state index contributed by atoms with van der Waals surface area (Å²) in [7, 11) is 0. The van der Waals surface area contributed by atoms with E-state index < -0.39 is 0 Å². The normalized spacial score (nSPS) is 17.9. The van der Waals surface area contributed by atoms with Crippen molar-refractivity contribution < 1.29 is 4.52 Å². The molecule has 0 radical (unpaired) electrons. The molecule has 1 fully saturated rings. The van der Waals surface area contributed by atoms with Gasteiger partial charge in [0.2, 0.25) is 0 Å². The van der Waals surface area contributed by atoms with Gasteiger partial charge in [0.15, 0.2) is 0 Å². The Kier molecular flexibility index (Phi) is 4.64. The van der Waals surface area contributed by atoms with E-state index in [2.05, 4.69) is 65.3 Å². The van der Waals surface area contributed by atoms with Gasteiger partial charge in [0.25, 0.3) is 0 Å². The quantitative estimate of drug-likeness (QED) is 0.732.